The summed E-state index contributed by atoms with van der Waals surface area (Å²) in [6.07, 6.45) is 0.822. The molecule has 0 rings (SSSR count). The first-order valence-electron chi connectivity index (χ1n) is 5.84. The second-order valence-electron chi connectivity index (χ2n) is 4.14. The molecule has 2 amide bonds. The van der Waals surface area contributed by atoms with Crippen LogP contribution in [-0.2, 0) is 4.79 Å². The van der Waals surface area contributed by atoms with E-state index in [1.165, 1.54) is 0 Å². The Kier molecular flexibility index (Phi) is 7.29. The number of urea groups is 1. The summed E-state index contributed by atoms with van der Waals surface area (Å²) in [5, 5.41) is 20.0. The molecule has 0 aromatic heterocycles. The molecule has 0 bridgehead atoms. The highest BCUT2D eigenvalue weighted by Gasteiger charge is 2.23. The standard InChI is InChI=1S/C11H22N2O4/c1-4-6-13(8(2)3)11(17)12-9(5-7-14)10(15)16/h8-9,14H,4-7H2,1-3H3,(H,12,17)(H,15,16)/t9-/m0/s1. The first-order valence-corrected chi connectivity index (χ1v) is 5.84. The molecule has 0 aliphatic heterocycles. The minimum Gasteiger partial charge on any atom is -0.480 e. The monoisotopic (exact) mass is 246 g/mol. The number of carbonyl (C=O) groups excluding carboxylic acids is 1. The van der Waals surface area contributed by atoms with Gasteiger partial charge < -0.3 is 20.4 Å². The van der Waals surface area contributed by atoms with Crippen LogP contribution in [0.4, 0.5) is 4.79 Å². The molecule has 0 unspecified atom stereocenters. The Labute approximate surface area is 102 Å². The molecule has 0 heterocycles. The number of rotatable bonds is 7. The number of aliphatic carboxylic acids is 1. The molecule has 6 nitrogen and oxygen atoms in total. The van der Waals surface area contributed by atoms with Crippen LogP contribution in [0.2, 0.25) is 0 Å². The average molecular weight is 246 g/mol. The Hall–Kier alpha value is -1.30. The largest absolute Gasteiger partial charge is 0.480 e. The molecule has 0 aromatic carbocycles. The van der Waals surface area contributed by atoms with Crippen molar-refractivity contribution in [2.45, 2.75) is 45.7 Å². The fraction of sp³-hybridized carbons (Fsp3) is 0.818. The van der Waals surface area contributed by atoms with E-state index in [1.807, 2.05) is 20.8 Å². The van der Waals surface area contributed by atoms with Gasteiger partial charge in [0.1, 0.15) is 6.04 Å². The van der Waals surface area contributed by atoms with E-state index in [0.29, 0.717) is 6.54 Å². The highest BCUT2D eigenvalue weighted by Crippen LogP contribution is 2.02. The van der Waals surface area contributed by atoms with Crippen LogP contribution in [0.5, 0.6) is 0 Å². The van der Waals surface area contributed by atoms with Crippen molar-refractivity contribution in [2.24, 2.45) is 0 Å². The summed E-state index contributed by atoms with van der Waals surface area (Å²) >= 11 is 0. The lowest BCUT2D eigenvalue weighted by Crippen LogP contribution is -2.50. The maximum absolute atomic E-state index is 11.8. The van der Waals surface area contributed by atoms with Crippen LogP contribution < -0.4 is 5.32 Å². The summed E-state index contributed by atoms with van der Waals surface area (Å²) in [5.74, 6) is -1.13. The zero-order chi connectivity index (χ0) is 13.4. The van der Waals surface area contributed by atoms with Gasteiger partial charge >= 0.3 is 12.0 Å². The minimum atomic E-state index is -1.13. The quantitative estimate of drug-likeness (QED) is 0.615. The van der Waals surface area contributed by atoms with E-state index >= 15 is 0 Å². The molecule has 0 fully saturated rings. The molecule has 0 aliphatic rings. The van der Waals surface area contributed by atoms with E-state index in [0.717, 1.165) is 6.42 Å². The number of hydrogen-bond acceptors (Lipinski definition) is 3. The number of carboxylic acid groups (broad SMARTS) is 1. The van der Waals surface area contributed by atoms with E-state index in [9.17, 15) is 9.59 Å². The number of amides is 2. The predicted molar refractivity (Wildman–Crippen MR) is 63.8 cm³/mol. The maximum Gasteiger partial charge on any atom is 0.326 e. The zero-order valence-electron chi connectivity index (χ0n) is 10.6. The van der Waals surface area contributed by atoms with Crippen molar-refractivity contribution in [1.29, 1.82) is 0 Å². The van der Waals surface area contributed by atoms with Crippen molar-refractivity contribution in [2.75, 3.05) is 13.2 Å². The summed E-state index contributed by atoms with van der Waals surface area (Å²) in [6.45, 7) is 6.00. The summed E-state index contributed by atoms with van der Waals surface area (Å²) in [5.41, 5.74) is 0. The average Bonchev–Trinajstić information content (AvgIpc) is 2.24. The number of carbonyl (C=O) groups is 2. The second kappa shape index (κ2) is 7.89. The summed E-state index contributed by atoms with van der Waals surface area (Å²) in [4.78, 5) is 24.2. The normalized spacial score (nSPS) is 12.3. The van der Waals surface area contributed by atoms with Crippen LogP contribution in [0.3, 0.4) is 0 Å². The number of hydrogen-bond donors (Lipinski definition) is 3. The summed E-state index contributed by atoms with van der Waals surface area (Å²) < 4.78 is 0. The molecule has 0 saturated carbocycles. The van der Waals surface area contributed by atoms with Gasteiger partial charge in [-0.1, -0.05) is 6.92 Å². The highest BCUT2D eigenvalue weighted by molar-refractivity contribution is 5.82. The second-order valence-corrected chi connectivity index (χ2v) is 4.14. The van der Waals surface area contributed by atoms with Crippen LogP contribution in [-0.4, -0.2) is 52.3 Å². The van der Waals surface area contributed by atoms with Gasteiger partial charge in [0.2, 0.25) is 0 Å². The predicted octanol–water partition coefficient (Wildman–Crippen LogP) is 0.652. The van der Waals surface area contributed by atoms with Gasteiger partial charge in [-0.2, -0.15) is 0 Å². The Bertz CT molecular complexity index is 256. The first kappa shape index (κ1) is 15.7. The SMILES string of the molecule is CCCN(C(=O)N[C@@H](CCO)C(=O)O)C(C)C. The van der Waals surface area contributed by atoms with Crippen molar-refractivity contribution in [3.8, 4) is 0 Å². The molecule has 0 radical (unpaired) electrons. The Morgan fingerprint density at radius 2 is 1.94 bits per heavy atom. The van der Waals surface area contributed by atoms with E-state index in [2.05, 4.69) is 5.32 Å². The Morgan fingerprint density at radius 3 is 2.29 bits per heavy atom. The molecule has 6 heteroatoms. The lowest BCUT2D eigenvalue weighted by molar-refractivity contribution is -0.139. The van der Waals surface area contributed by atoms with Gasteiger partial charge in [-0.05, 0) is 20.3 Å². The lowest BCUT2D eigenvalue weighted by atomic mass is 10.2. The summed E-state index contributed by atoms with van der Waals surface area (Å²) in [6, 6.07) is -1.42. The molecule has 1 atom stereocenters. The van der Waals surface area contributed by atoms with E-state index in [-0.39, 0.29) is 19.1 Å². The topological polar surface area (TPSA) is 89.9 Å². The van der Waals surface area contributed by atoms with Gasteiger partial charge in [0, 0.05) is 25.6 Å². The van der Waals surface area contributed by atoms with Crippen molar-refractivity contribution >= 4 is 12.0 Å². The smallest absolute Gasteiger partial charge is 0.326 e. The van der Waals surface area contributed by atoms with Gasteiger partial charge in [0.25, 0.3) is 0 Å². The van der Waals surface area contributed by atoms with Crippen LogP contribution in [0.15, 0.2) is 0 Å². The Balaban J connectivity index is 4.50. The molecule has 17 heavy (non-hydrogen) atoms. The van der Waals surface area contributed by atoms with Crippen LogP contribution >= 0.6 is 0 Å². The van der Waals surface area contributed by atoms with Gasteiger partial charge in [0.05, 0.1) is 0 Å². The summed E-state index contributed by atoms with van der Waals surface area (Å²) in [7, 11) is 0. The molecular formula is C11H22N2O4. The van der Waals surface area contributed by atoms with Crippen LogP contribution in [0, 0.1) is 0 Å². The van der Waals surface area contributed by atoms with Crippen LogP contribution in [0.25, 0.3) is 0 Å². The minimum absolute atomic E-state index is 0.0125. The van der Waals surface area contributed by atoms with E-state index in [4.69, 9.17) is 10.2 Å². The zero-order valence-corrected chi connectivity index (χ0v) is 10.6. The lowest BCUT2D eigenvalue weighted by Gasteiger charge is -2.28. The number of carboxylic acids is 1. The molecule has 0 aromatic rings. The van der Waals surface area contributed by atoms with Gasteiger partial charge in [-0.3, -0.25) is 0 Å². The van der Waals surface area contributed by atoms with Crippen molar-refractivity contribution in [1.82, 2.24) is 10.2 Å². The number of nitrogens with zero attached hydrogens (tertiary/aromatic N) is 1. The highest BCUT2D eigenvalue weighted by atomic mass is 16.4. The third-order valence-electron chi connectivity index (χ3n) is 2.36. The fourth-order valence-electron chi connectivity index (χ4n) is 1.45. The Morgan fingerprint density at radius 1 is 1.35 bits per heavy atom. The van der Waals surface area contributed by atoms with Gasteiger partial charge in [-0.15, -0.1) is 0 Å². The molecule has 100 valence electrons. The van der Waals surface area contributed by atoms with Crippen molar-refractivity contribution in [3.05, 3.63) is 0 Å². The number of aliphatic hydroxyl groups is 1. The van der Waals surface area contributed by atoms with Gasteiger partial charge in [0.15, 0.2) is 0 Å². The number of aliphatic hydroxyl groups excluding tert-OH is 1. The molecular weight excluding hydrogens is 224 g/mol. The number of nitrogens with one attached hydrogen (secondary N) is 1. The maximum atomic E-state index is 11.8. The molecule has 0 spiro atoms. The van der Waals surface area contributed by atoms with Crippen LogP contribution in [0.1, 0.15) is 33.6 Å². The van der Waals surface area contributed by atoms with E-state index in [1.54, 1.807) is 4.90 Å². The molecule has 0 aliphatic carbocycles. The fourth-order valence-corrected chi connectivity index (χ4v) is 1.45. The van der Waals surface area contributed by atoms with E-state index < -0.39 is 18.0 Å². The molecule has 3 N–H and O–H groups in total. The third kappa shape index (κ3) is 5.53. The van der Waals surface area contributed by atoms with Crippen molar-refractivity contribution < 1.29 is 19.8 Å². The first-order chi connectivity index (χ1) is 7.93. The molecule has 0 saturated heterocycles. The third-order valence-corrected chi connectivity index (χ3v) is 2.36. The van der Waals surface area contributed by atoms with Gasteiger partial charge in [-0.25, -0.2) is 9.59 Å². The van der Waals surface area contributed by atoms with Crippen molar-refractivity contribution in [3.63, 3.8) is 0 Å².